The number of aryl methyl sites for hydroxylation is 2. The van der Waals surface area contributed by atoms with Crippen LogP contribution in [0.4, 0.5) is 5.82 Å². The Hall–Kier alpha value is -1.12. The van der Waals surface area contributed by atoms with Crippen molar-refractivity contribution in [3.05, 3.63) is 17.6 Å². The van der Waals surface area contributed by atoms with Crippen LogP contribution in [0.15, 0.2) is 6.20 Å². The molecule has 2 atom stereocenters. The minimum atomic E-state index is 0.580. The molecule has 0 radical (unpaired) electrons. The van der Waals surface area contributed by atoms with Crippen LogP contribution in [0.5, 0.6) is 0 Å². The molecule has 0 bridgehead atoms. The summed E-state index contributed by atoms with van der Waals surface area (Å²) in [6.07, 6.45) is 8.41. The molecule has 2 rings (SSSR count). The Labute approximate surface area is 104 Å². The Kier molecular flexibility index (Phi) is 3.97. The molecule has 1 heterocycles. The summed E-state index contributed by atoms with van der Waals surface area (Å²) in [5.74, 6) is 1.82. The van der Waals surface area contributed by atoms with Gasteiger partial charge in [0.15, 0.2) is 0 Å². The van der Waals surface area contributed by atoms with Crippen LogP contribution in [0.2, 0.25) is 0 Å². The van der Waals surface area contributed by atoms with E-state index in [0.717, 1.165) is 23.1 Å². The summed E-state index contributed by atoms with van der Waals surface area (Å²) in [5.41, 5.74) is 2.04. The summed E-state index contributed by atoms with van der Waals surface area (Å²) in [4.78, 5) is 8.90. The number of nitrogens with zero attached hydrogens (tertiary/aromatic N) is 2. The van der Waals surface area contributed by atoms with E-state index in [1.165, 1.54) is 32.1 Å². The lowest BCUT2D eigenvalue weighted by Gasteiger charge is -2.17. The van der Waals surface area contributed by atoms with E-state index >= 15 is 0 Å². The average Bonchev–Trinajstić information content (AvgIpc) is 2.49. The molecule has 1 aromatic rings. The summed E-state index contributed by atoms with van der Waals surface area (Å²) in [5, 5.41) is 3.54. The van der Waals surface area contributed by atoms with E-state index in [-0.39, 0.29) is 0 Å². The summed E-state index contributed by atoms with van der Waals surface area (Å²) < 4.78 is 0. The first-order chi connectivity index (χ1) is 8.15. The maximum Gasteiger partial charge on any atom is 0.145 e. The third-order valence-corrected chi connectivity index (χ3v) is 3.80. The van der Waals surface area contributed by atoms with Crippen molar-refractivity contribution in [3.63, 3.8) is 0 Å². The highest BCUT2D eigenvalue weighted by atomic mass is 15.0. The van der Waals surface area contributed by atoms with E-state index in [0.29, 0.717) is 6.04 Å². The van der Waals surface area contributed by atoms with E-state index < -0.39 is 0 Å². The quantitative estimate of drug-likeness (QED) is 0.795. The van der Waals surface area contributed by atoms with Crippen LogP contribution in [0.3, 0.4) is 0 Å². The molecule has 0 amide bonds. The van der Waals surface area contributed by atoms with Gasteiger partial charge in [0.2, 0.25) is 0 Å². The first kappa shape index (κ1) is 12.3. The Morgan fingerprint density at radius 3 is 2.71 bits per heavy atom. The Morgan fingerprint density at radius 2 is 1.94 bits per heavy atom. The Balaban J connectivity index is 1.97. The van der Waals surface area contributed by atoms with Crippen LogP contribution < -0.4 is 5.32 Å². The van der Waals surface area contributed by atoms with Crippen LogP contribution in [0.1, 0.15) is 50.4 Å². The largest absolute Gasteiger partial charge is 0.366 e. The molecule has 1 fully saturated rings. The molecule has 1 N–H and O–H groups in total. The van der Waals surface area contributed by atoms with Crippen molar-refractivity contribution < 1.29 is 0 Å². The summed E-state index contributed by atoms with van der Waals surface area (Å²) in [7, 11) is 0. The maximum atomic E-state index is 4.54. The zero-order valence-corrected chi connectivity index (χ0v) is 11.2. The van der Waals surface area contributed by atoms with Gasteiger partial charge in [-0.25, -0.2) is 4.98 Å². The lowest BCUT2D eigenvalue weighted by molar-refractivity contribution is 0.502. The SMILES string of the molecule is Cc1ncc(NC2CCCC(C)CC2)nc1C. The molecule has 0 saturated heterocycles. The molecule has 0 aliphatic heterocycles. The van der Waals surface area contributed by atoms with E-state index in [1.807, 2.05) is 20.0 Å². The highest BCUT2D eigenvalue weighted by molar-refractivity contribution is 5.34. The topological polar surface area (TPSA) is 37.8 Å². The monoisotopic (exact) mass is 233 g/mol. The lowest BCUT2D eigenvalue weighted by Crippen LogP contribution is -2.19. The number of nitrogens with one attached hydrogen (secondary N) is 1. The third-order valence-electron chi connectivity index (χ3n) is 3.80. The first-order valence-electron chi connectivity index (χ1n) is 6.72. The third kappa shape index (κ3) is 3.42. The van der Waals surface area contributed by atoms with Gasteiger partial charge in [-0.1, -0.05) is 19.8 Å². The molecule has 0 aromatic carbocycles. The van der Waals surface area contributed by atoms with Crippen molar-refractivity contribution in [2.24, 2.45) is 5.92 Å². The molecule has 1 aromatic heterocycles. The standard InChI is InChI=1S/C14H23N3/c1-10-5-4-6-13(8-7-10)17-14-9-15-11(2)12(3)16-14/h9-10,13H,4-8H2,1-3H3,(H,16,17). The molecule has 3 heteroatoms. The molecule has 2 unspecified atom stereocenters. The minimum absolute atomic E-state index is 0.580. The van der Waals surface area contributed by atoms with Gasteiger partial charge in [-0.3, -0.25) is 4.98 Å². The Bertz CT molecular complexity index is 376. The zero-order chi connectivity index (χ0) is 12.3. The summed E-state index contributed by atoms with van der Waals surface area (Å²) in [6.45, 7) is 6.38. The highest BCUT2D eigenvalue weighted by Gasteiger charge is 2.16. The van der Waals surface area contributed by atoms with E-state index in [2.05, 4.69) is 22.2 Å². The van der Waals surface area contributed by atoms with Crippen molar-refractivity contribution in [1.82, 2.24) is 9.97 Å². The van der Waals surface area contributed by atoms with Gasteiger partial charge in [0.25, 0.3) is 0 Å². The fourth-order valence-electron chi connectivity index (χ4n) is 2.45. The van der Waals surface area contributed by atoms with Crippen LogP contribution in [0.25, 0.3) is 0 Å². The van der Waals surface area contributed by atoms with Gasteiger partial charge in [-0.15, -0.1) is 0 Å². The highest BCUT2D eigenvalue weighted by Crippen LogP contribution is 2.24. The summed E-state index contributed by atoms with van der Waals surface area (Å²) in [6, 6.07) is 0.580. The number of aromatic nitrogens is 2. The van der Waals surface area contributed by atoms with Gasteiger partial charge in [-0.2, -0.15) is 0 Å². The first-order valence-corrected chi connectivity index (χ1v) is 6.72. The molecule has 94 valence electrons. The van der Waals surface area contributed by atoms with Gasteiger partial charge >= 0.3 is 0 Å². The zero-order valence-electron chi connectivity index (χ0n) is 11.2. The predicted molar refractivity (Wildman–Crippen MR) is 71.2 cm³/mol. The number of hydrogen-bond acceptors (Lipinski definition) is 3. The molecule has 1 aliphatic rings. The van der Waals surface area contributed by atoms with Crippen LogP contribution >= 0.6 is 0 Å². The smallest absolute Gasteiger partial charge is 0.145 e. The molecular weight excluding hydrogens is 210 g/mol. The van der Waals surface area contributed by atoms with Crippen molar-refractivity contribution in [2.75, 3.05) is 5.32 Å². The van der Waals surface area contributed by atoms with Crippen molar-refractivity contribution in [1.29, 1.82) is 0 Å². The van der Waals surface area contributed by atoms with Gasteiger partial charge in [0, 0.05) is 6.04 Å². The molecule has 3 nitrogen and oxygen atoms in total. The predicted octanol–water partition coefficient (Wildman–Crippen LogP) is 3.47. The van der Waals surface area contributed by atoms with Crippen molar-refractivity contribution in [3.8, 4) is 0 Å². The fraction of sp³-hybridized carbons (Fsp3) is 0.714. The molecule has 17 heavy (non-hydrogen) atoms. The van der Waals surface area contributed by atoms with Gasteiger partial charge < -0.3 is 5.32 Å². The summed E-state index contributed by atoms with van der Waals surface area (Å²) >= 11 is 0. The number of anilines is 1. The van der Waals surface area contributed by atoms with Crippen LogP contribution in [-0.4, -0.2) is 16.0 Å². The number of hydrogen-bond donors (Lipinski definition) is 1. The Morgan fingerprint density at radius 1 is 1.12 bits per heavy atom. The molecular formula is C14H23N3. The van der Waals surface area contributed by atoms with E-state index in [1.54, 1.807) is 0 Å². The van der Waals surface area contributed by atoms with E-state index in [9.17, 15) is 0 Å². The fourth-order valence-corrected chi connectivity index (χ4v) is 2.45. The molecule has 1 saturated carbocycles. The molecule has 0 spiro atoms. The van der Waals surface area contributed by atoms with Crippen LogP contribution in [-0.2, 0) is 0 Å². The second kappa shape index (κ2) is 5.48. The van der Waals surface area contributed by atoms with Gasteiger partial charge in [-0.05, 0) is 39.0 Å². The van der Waals surface area contributed by atoms with Gasteiger partial charge in [0.05, 0.1) is 17.6 Å². The van der Waals surface area contributed by atoms with Crippen molar-refractivity contribution >= 4 is 5.82 Å². The second-order valence-corrected chi connectivity index (χ2v) is 5.38. The number of rotatable bonds is 2. The second-order valence-electron chi connectivity index (χ2n) is 5.38. The lowest BCUT2D eigenvalue weighted by atomic mass is 10.0. The maximum absolute atomic E-state index is 4.54. The normalized spacial score (nSPS) is 25.4. The van der Waals surface area contributed by atoms with Gasteiger partial charge in [0.1, 0.15) is 5.82 Å². The van der Waals surface area contributed by atoms with Crippen molar-refractivity contribution in [2.45, 2.75) is 58.9 Å². The average molecular weight is 233 g/mol. The molecule has 1 aliphatic carbocycles. The van der Waals surface area contributed by atoms with E-state index in [4.69, 9.17) is 0 Å². The minimum Gasteiger partial charge on any atom is -0.366 e. The van der Waals surface area contributed by atoms with Crippen LogP contribution in [0, 0.1) is 19.8 Å².